The number of para-hydroxylation sites is 2. The van der Waals surface area contributed by atoms with Crippen LogP contribution in [0.2, 0.25) is 0 Å². The second-order valence-electron chi connectivity index (χ2n) is 8.40. The van der Waals surface area contributed by atoms with Gasteiger partial charge in [0.15, 0.2) is 12.3 Å². The normalized spacial score (nSPS) is 12.5. The fourth-order valence-electron chi connectivity index (χ4n) is 4.13. The summed E-state index contributed by atoms with van der Waals surface area (Å²) in [5.41, 5.74) is 5.87. The third-order valence-electron chi connectivity index (χ3n) is 5.94. The van der Waals surface area contributed by atoms with Crippen molar-refractivity contribution in [2.75, 3.05) is 18.1 Å². The lowest BCUT2D eigenvalue weighted by molar-refractivity contribution is -0.122. The zero-order valence-electron chi connectivity index (χ0n) is 19.7. The number of ether oxygens (including phenoxy) is 1. The number of hydrazine groups is 1. The second kappa shape index (κ2) is 10.3. The zero-order chi connectivity index (χ0) is 25.8. The summed E-state index contributed by atoms with van der Waals surface area (Å²) in [4.78, 5) is 52.3. The number of carbonyl (C=O) groups excluding carboxylic acids is 3. The molecule has 4 aromatic rings. The van der Waals surface area contributed by atoms with Crippen molar-refractivity contribution in [1.82, 2.24) is 20.6 Å². The SMILES string of the molecule is O=C(CCN1C(=O)COc2ccccc21)NNC(=O)c1nn(Cc2ccccc2)c(=O)c2ccccc12. The average molecular weight is 498 g/mol. The van der Waals surface area contributed by atoms with Crippen molar-refractivity contribution in [3.8, 4) is 5.75 Å². The van der Waals surface area contributed by atoms with E-state index in [-0.39, 0.29) is 43.3 Å². The van der Waals surface area contributed by atoms with Gasteiger partial charge in [0.2, 0.25) is 5.91 Å². The van der Waals surface area contributed by atoms with Gasteiger partial charge in [-0.3, -0.25) is 30.0 Å². The molecule has 0 fully saturated rings. The lowest BCUT2D eigenvalue weighted by Crippen LogP contribution is -2.45. The van der Waals surface area contributed by atoms with E-state index < -0.39 is 11.8 Å². The highest BCUT2D eigenvalue weighted by molar-refractivity contribution is 6.05. The Balaban J connectivity index is 1.29. The highest BCUT2D eigenvalue weighted by atomic mass is 16.5. The van der Waals surface area contributed by atoms with Crippen LogP contribution in [-0.4, -0.2) is 40.7 Å². The van der Waals surface area contributed by atoms with Crippen LogP contribution in [0, 0.1) is 0 Å². The molecular formula is C27H23N5O5. The molecule has 3 amide bonds. The number of nitrogens with zero attached hydrogens (tertiary/aromatic N) is 3. The minimum absolute atomic E-state index is 0.00344. The highest BCUT2D eigenvalue weighted by Gasteiger charge is 2.25. The predicted molar refractivity (Wildman–Crippen MR) is 136 cm³/mol. The average Bonchev–Trinajstić information content (AvgIpc) is 2.93. The standard InChI is InChI=1S/C27H23N5O5/c33-23(14-15-31-21-12-6-7-13-22(21)37-17-24(31)34)28-29-26(35)25-19-10-4-5-11-20(19)27(36)32(30-25)16-18-8-2-1-3-9-18/h1-13H,14-17H2,(H,28,33)(H,29,35). The van der Waals surface area contributed by atoms with Crippen molar-refractivity contribution in [1.29, 1.82) is 0 Å². The molecule has 186 valence electrons. The molecule has 1 aliphatic heterocycles. The Bertz CT molecular complexity index is 1550. The monoisotopic (exact) mass is 497 g/mol. The van der Waals surface area contributed by atoms with E-state index in [9.17, 15) is 19.2 Å². The van der Waals surface area contributed by atoms with E-state index in [0.29, 0.717) is 22.2 Å². The van der Waals surface area contributed by atoms with Crippen molar-refractivity contribution in [3.05, 3.63) is 100 Å². The lowest BCUT2D eigenvalue weighted by atomic mass is 10.1. The predicted octanol–water partition coefficient (Wildman–Crippen LogP) is 2.02. The Kier molecular flexibility index (Phi) is 6.62. The summed E-state index contributed by atoms with van der Waals surface area (Å²) >= 11 is 0. The number of aromatic nitrogens is 2. The Morgan fingerprint density at radius 2 is 1.57 bits per heavy atom. The highest BCUT2D eigenvalue weighted by Crippen LogP contribution is 2.31. The number of carbonyl (C=O) groups is 3. The Hall–Kier alpha value is -4.99. The third kappa shape index (κ3) is 5.03. The number of hydrogen-bond donors (Lipinski definition) is 2. The molecule has 37 heavy (non-hydrogen) atoms. The van der Waals surface area contributed by atoms with Gasteiger partial charge in [0, 0.05) is 18.4 Å². The van der Waals surface area contributed by atoms with Gasteiger partial charge in [-0.05, 0) is 23.8 Å². The third-order valence-corrected chi connectivity index (χ3v) is 5.94. The molecule has 1 aromatic heterocycles. The van der Waals surface area contributed by atoms with E-state index in [4.69, 9.17) is 4.74 Å². The molecule has 0 spiro atoms. The van der Waals surface area contributed by atoms with Crippen LogP contribution in [-0.2, 0) is 16.1 Å². The molecule has 0 aliphatic carbocycles. The van der Waals surface area contributed by atoms with Gasteiger partial charge in [0.1, 0.15) is 5.75 Å². The van der Waals surface area contributed by atoms with Crippen LogP contribution < -0.4 is 26.0 Å². The number of fused-ring (bicyclic) bond motifs is 2. The maximum absolute atomic E-state index is 13.0. The summed E-state index contributed by atoms with van der Waals surface area (Å²) in [5, 5.41) is 5.02. The maximum Gasteiger partial charge on any atom is 0.290 e. The molecule has 0 atom stereocenters. The van der Waals surface area contributed by atoms with E-state index in [1.807, 2.05) is 30.3 Å². The van der Waals surface area contributed by atoms with Gasteiger partial charge in [-0.15, -0.1) is 0 Å². The first-order chi connectivity index (χ1) is 18.0. The van der Waals surface area contributed by atoms with E-state index in [2.05, 4.69) is 16.0 Å². The van der Waals surface area contributed by atoms with Gasteiger partial charge in [0.05, 0.1) is 17.6 Å². The van der Waals surface area contributed by atoms with Gasteiger partial charge in [-0.1, -0.05) is 60.7 Å². The molecule has 0 unspecified atom stereocenters. The van der Waals surface area contributed by atoms with E-state index in [0.717, 1.165) is 5.56 Å². The van der Waals surface area contributed by atoms with Crippen LogP contribution in [0.15, 0.2) is 83.7 Å². The van der Waals surface area contributed by atoms with Crippen LogP contribution in [0.4, 0.5) is 5.69 Å². The summed E-state index contributed by atoms with van der Waals surface area (Å²) in [7, 11) is 0. The van der Waals surface area contributed by atoms with Crippen LogP contribution in [0.25, 0.3) is 10.8 Å². The molecule has 0 bridgehead atoms. The van der Waals surface area contributed by atoms with Gasteiger partial charge in [-0.2, -0.15) is 5.10 Å². The topological polar surface area (TPSA) is 123 Å². The molecule has 2 heterocycles. The van der Waals surface area contributed by atoms with Crippen LogP contribution >= 0.6 is 0 Å². The first-order valence-corrected chi connectivity index (χ1v) is 11.7. The molecule has 3 aromatic carbocycles. The minimum Gasteiger partial charge on any atom is -0.482 e. The summed E-state index contributed by atoms with van der Waals surface area (Å²) in [6, 6.07) is 23.1. The molecule has 0 saturated carbocycles. The fourth-order valence-corrected chi connectivity index (χ4v) is 4.13. The zero-order valence-corrected chi connectivity index (χ0v) is 19.7. The minimum atomic E-state index is -0.667. The molecular weight excluding hydrogens is 474 g/mol. The van der Waals surface area contributed by atoms with Crippen molar-refractivity contribution >= 4 is 34.2 Å². The molecule has 0 radical (unpaired) electrons. The van der Waals surface area contributed by atoms with Gasteiger partial charge in [0.25, 0.3) is 17.4 Å². The largest absolute Gasteiger partial charge is 0.482 e. The quantitative estimate of drug-likeness (QED) is 0.393. The fraction of sp³-hybridized carbons (Fsp3) is 0.148. The maximum atomic E-state index is 13.0. The summed E-state index contributed by atoms with van der Waals surface area (Å²) in [6.45, 7) is 0.197. The first-order valence-electron chi connectivity index (χ1n) is 11.7. The number of nitrogens with one attached hydrogen (secondary N) is 2. The van der Waals surface area contributed by atoms with E-state index >= 15 is 0 Å². The molecule has 0 saturated heterocycles. The lowest BCUT2D eigenvalue weighted by Gasteiger charge is -2.29. The Morgan fingerprint density at radius 3 is 2.38 bits per heavy atom. The van der Waals surface area contributed by atoms with Crippen LogP contribution in [0.3, 0.4) is 0 Å². The number of hydrogen-bond acceptors (Lipinski definition) is 6. The first kappa shape index (κ1) is 23.7. The van der Waals surface area contributed by atoms with Gasteiger partial charge < -0.3 is 9.64 Å². The molecule has 10 nitrogen and oxygen atoms in total. The summed E-state index contributed by atoms with van der Waals surface area (Å²) in [5.74, 6) is -0.850. The van der Waals surface area contributed by atoms with Crippen molar-refractivity contribution in [2.45, 2.75) is 13.0 Å². The number of benzene rings is 3. The summed E-state index contributed by atoms with van der Waals surface area (Å²) in [6.07, 6.45) is -0.0535. The Morgan fingerprint density at radius 1 is 0.865 bits per heavy atom. The molecule has 1 aliphatic rings. The van der Waals surface area contributed by atoms with Crippen LogP contribution in [0.5, 0.6) is 5.75 Å². The molecule has 2 N–H and O–H groups in total. The molecule has 5 rings (SSSR count). The number of amides is 3. The van der Waals surface area contributed by atoms with Crippen molar-refractivity contribution < 1.29 is 19.1 Å². The van der Waals surface area contributed by atoms with E-state index in [1.165, 1.54) is 9.58 Å². The summed E-state index contributed by atoms with van der Waals surface area (Å²) < 4.78 is 6.64. The van der Waals surface area contributed by atoms with Gasteiger partial charge >= 0.3 is 0 Å². The van der Waals surface area contributed by atoms with Gasteiger partial charge in [-0.25, -0.2) is 4.68 Å². The number of anilines is 1. The van der Waals surface area contributed by atoms with Crippen molar-refractivity contribution in [3.63, 3.8) is 0 Å². The van der Waals surface area contributed by atoms with E-state index in [1.54, 1.807) is 48.5 Å². The molecule has 10 heteroatoms. The second-order valence-corrected chi connectivity index (χ2v) is 8.40. The van der Waals surface area contributed by atoms with Crippen molar-refractivity contribution in [2.24, 2.45) is 0 Å². The smallest absolute Gasteiger partial charge is 0.290 e. The Labute approximate surface area is 211 Å². The van der Waals surface area contributed by atoms with Crippen LogP contribution in [0.1, 0.15) is 22.5 Å². The number of rotatable bonds is 6.